The molecule has 0 saturated heterocycles. The van der Waals surface area contributed by atoms with Gasteiger partial charge in [0.1, 0.15) is 23.6 Å². The molecule has 7 nitrogen and oxygen atoms in total. The van der Waals surface area contributed by atoms with E-state index in [0.29, 0.717) is 29.5 Å². The van der Waals surface area contributed by atoms with Gasteiger partial charge in [0.15, 0.2) is 0 Å². The minimum atomic E-state index is -0.423. The summed E-state index contributed by atoms with van der Waals surface area (Å²) in [6.07, 6.45) is 0. The molecule has 3 aromatic rings. The van der Waals surface area contributed by atoms with Gasteiger partial charge in [-0.15, -0.1) is 21.5 Å². The third-order valence-corrected chi connectivity index (χ3v) is 3.73. The van der Waals surface area contributed by atoms with Gasteiger partial charge in [-0.3, -0.25) is 0 Å². The van der Waals surface area contributed by atoms with E-state index in [1.807, 2.05) is 17.5 Å². The molecule has 0 unspecified atom stereocenters. The highest BCUT2D eigenvalue weighted by molar-refractivity contribution is 7.13. The Kier molecular flexibility index (Phi) is 3.53. The van der Waals surface area contributed by atoms with Crippen LogP contribution in [-0.2, 0) is 11.3 Å². The van der Waals surface area contributed by atoms with Gasteiger partial charge in [-0.25, -0.2) is 4.79 Å². The number of hydrogen-bond acceptors (Lipinski definition) is 7. The molecule has 3 heterocycles. The van der Waals surface area contributed by atoms with Crippen molar-refractivity contribution in [3.8, 4) is 10.7 Å². The van der Waals surface area contributed by atoms with Gasteiger partial charge >= 0.3 is 5.97 Å². The van der Waals surface area contributed by atoms with E-state index in [-0.39, 0.29) is 0 Å². The van der Waals surface area contributed by atoms with E-state index in [1.165, 1.54) is 11.9 Å². The van der Waals surface area contributed by atoms with Crippen LogP contribution in [0.4, 0.5) is 0 Å². The number of aromatic nitrogens is 4. The first-order chi connectivity index (χ1) is 10.2. The lowest BCUT2D eigenvalue weighted by Gasteiger charge is -1.93. The summed E-state index contributed by atoms with van der Waals surface area (Å²) in [7, 11) is 1.33. The number of furan rings is 1. The van der Waals surface area contributed by atoms with Crippen molar-refractivity contribution in [3.05, 3.63) is 40.7 Å². The van der Waals surface area contributed by atoms with Crippen LogP contribution in [0.25, 0.3) is 10.7 Å². The summed E-state index contributed by atoms with van der Waals surface area (Å²) < 4.78 is 10.2. The topological polar surface area (TPSA) is 83.0 Å². The number of nitrogens with zero attached hydrogens (tertiary/aromatic N) is 4. The number of esters is 1. The van der Waals surface area contributed by atoms with Crippen LogP contribution < -0.4 is 0 Å². The minimum Gasteiger partial charge on any atom is -0.465 e. The van der Waals surface area contributed by atoms with E-state index in [4.69, 9.17) is 4.42 Å². The van der Waals surface area contributed by atoms with Crippen molar-refractivity contribution in [3.63, 3.8) is 0 Å². The maximum absolute atomic E-state index is 11.5. The molecule has 0 N–H and O–H groups in total. The molecular formula is C13H12N4O3S. The van der Waals surface area contributed by atoms with Crippen LogP contribution >= 0.6 is 11.3 Å². The Hall–Kier alpha value is -2.48. The molecule has 3 aromatic heterocycles. The predicted octanol–water partition coefficient (Wildman–Crippen LogP) is 2.14. The molecule has 3 rings (SSSR count). The third-order valence-electron chi connectivity index (χ3n) is 2.87. The SMILES string of the molecule is COC(=O)c1cc(Cn2nnc(-c3cccs3)n2)oc1C. The van der Waals surface area contributed by atoms with E-state index in [9.17, 15) is 4.79 Å². The van der Waals surface area contributed by atoms with Crippen LogP contribution in [0, 0.1) is 6.92 Å². The second kappa shape index (κ2) is 5.49. The average Bonchev–Trinajstić information content (AvgIpc) is 3.18. The van der Waals surface area contributed by atoms with Crippen LogP contribution in [0.1, 0.15) is 21.9 Å². The molecule has 0 radical (unpaired) electrons. The number of aryl methyl sites for hydroxylation is 1. The van der Waals surface area contributed by atoms with E-state index >= 15 is 0 Å². The molecule has 0 atom stereocenters. The first kappa shape index (κ1) is 13.5. The summed E-state index contributed by atoms with van der Waals surface area (Å²) in [6.45, 7) is 2.01. The lowest BCUT2D eigenvalue weighted by Crippen LogP contribution is -2.03. The lowest BCUT2D eigenvalue weighted by molar-refractivity contribution is 0.0599. The number of ether oxygens (including phenoxy) is 1. The fourth-order valence-corrected chi connectivity index (χ4v) is 2.54. The summed E-state index contributed by atoms with van der Waals surface area (Å²) in [5.41, 5.74) is 0.408. The van der Waals surface area contributed by atoms with Crippen molar-refractivity contribution < 1.29 is 13.9 Å². The van der Waals surface area contributed by atoms with Crippen LogP contribution in [0.3, 0.4) is 0 Å². The van der Waals surface area contributed by atoms with E-state index < -0.39 is 5.97 Å². The molecule has 0 aliphatic heterocycles. The zero-order chi connectivity index (χ0) is 14.8. The Balaban J connectivity index is 1.80. The molecular weight excluding hydrogens is 292 g/mol. The Bertz CT molecular complexity index is 760. The first-order valence-electron chi connectivity index (χ1n) is 6.16. The van der Waals surface area contributed by atoms with Crippen molar-refractivity contribution in [1.29, 1.82) is 0 Å². The highest BCUT2D eigenvalue weighted by Gasteiger charge is 2.16. The van der Waals surface area contributed by atoms with Crippen LogP contribution in [0.15, 0.2) is 28.0 Å². The smallest absolute Gasteiger partial charge is 0.341 e. The minimum absolute atomic E-state index is 0.302. The predicted molar refractivity (Wildman–Crippen MR) is 75.0 cm³/mol. The fraction of sp³-hybridized carbons (Fsp3) is 0.231. The molecule has 0 aliphatic rings. The largest absolute Gasteiger partial charge is 0.465 e. The Morgan fingerprint density at radius 2 is 2.38 bits per heavy atom. The van der Waals surface area contributed by atoms with Gasteiger partial charge < -0.3 is 9.15 Å². The van der Waals surface area contributed by atoms with Crippen LogP contribution in [0.2, 0.25) is 0 Å². The van der Waals surface area contributed by atoms with Gasteiger partial charge in [0.2, 0.25) is 5.82 Å². The maximum atomic E-state index is 11.5. The Labute approximate surface area is 124 Å². The number of thiophene rings is 1. The van der Waals surface area contributed by atoms with Crippen molar-refractivity contribution in [2.75, 3.05) is 7.11 Å². The summed E-state index contributed by atoms with van der Waals surface area (Å²) in [5, 5.41) is 14.2. The summed E-state index contributed by atoms with van der Waals surface area (Å²) in [6, 6.07) is 5.49. The van der Waals surface area contributed by atoms with E-state index in [2.05, 4.69) is 20.1 Å². The molecule has 8 heteroatoms. The molecule has 0 aliphatic carbocycles. The van der Waals surface area contributed by atoms with Crippen LogP contribution in [-0.4, -0.2) is 33.3 Å². The van der Waals surface area contributed by atoms with Crippen LogP contribution in [0.5, 0.6) is 0 Å². The normalized spacial score (nSPS) is 10.8. The van der Waals surface area contributed by atoms with Gasteiger partial charge in [0, 0.05) is 0 Å². The highest BCUT2D eigenvalue weighted by Crippen LogP contribution is 2.20. The molecule has 0 aromatic carbocycles. The summed E-state index contributed by atoms with van der Waals surface area (Å²) >= 11 is 1.55. The van der Waals surface area contributed by atoms with Crippen molar-refractivity contribution in [2.24, 2.45) is 0 Å². The standard InChI is InChI=1S/C13H12N4O3S/c1-8-10(13(18)19-2)6-9(20-8)7-17-15-12(14-16-17)11-4-3-5-21-11/h3-6H,7H2,1-2H3. The lowest BCUT2D eigenvalue weighted by atomic mass is 10.2. The molecule has 0 fully saturated rings. The van der Waals surface area contributed by atoms with Gasteiger partial charge in [-0.05, 0) is 29.6 Å². The molecule has 0 bridgehead atoms. The van der Waals surface area contributed by atoms with E-state index in [0.717, 1.165) is 4.88 Å². The second-order valence-corrected chi connectivity index (χ2v) is 5.24. The van der Waals surface area contributed by atoms with E-state index in [1.54, 1.807) is 24.3 Å². The number of carbonyl (C=O) groups is 1. The number of rotatable bonds is 4. The number of hydrogen-bond donors (Lipinski definition) is 0. The number of methoxy groups -OCH3 is 1. The molecule has 0 amide bonds. The zero-order valence-corrected chi connectivity index (χ0v) is 12.3. The van der Waals surface area contributed by atoms with Crippen molar-refractivity contribution in [1.82, 2.24) is 20.2 Å². The summed E-state index contributed by atoms with van der Waals surface area (Å²) in [4.78, 5) is 13.9. The van der Waals surface area contributed by atoms with Gasteiger partial charge in [0.05, 0.1) is 12.0 Å². The molecule has 108 valence electrons. The van der Waals surface area contributed by atoms with Crippen molar-refractivity contribution in [2.45, 2.75) is 13.5 Å². The van der Waals surface area contributed by atoms with Gasteiger partial charge in [-0.1, -0.05) is 6.07 Å². The van der Waals surface area contributed by atoms with Gasteiger partial charge in [0.25, 0.3) is 0 Å². The first-order valence-corrected chi connectivity index (χ1v) is 7.04. The Morgan fingerprint density at radius 1 is 1.52 bits per heavy atom. The fourth-order valence-electron chi connectivity index (χ4n) is 1.89. The third kappa shape index (κ3) is 2.70. The number of tetrazole rings is 1. The monoisotopic (exact) mass is 304 g/mol. The maximum Gasteiger partial charge on any atom is 0.341 e. The molecule has 21 heavy (non-hydrogen) atoms. The zero-order valence-electron chi connectivity index (χ0n) is 11.4. The number of carbonyl (C=O) groups excluding carboxylic acids is 1. The quantitative estimate of drug-likeness (QED) is 0.687. The second-order valence-electron chi connectivity index (χ2n) is 4.29. The molecule has 0 saturated carbocycles. The van der Waals surface area contributed by atoms with Gasteiger partial charge in [-0.2, -0.15) is 4.80 Å². The summed E-state index contributed by atoms with van der Waals surface area (Å²) in [5.74, 6) is 1.23. The average molecular weight is 304 g/mol. The Morgan fingerprint density at radius 3 is 3.10 bits per heavy atom. The highest BCUT2D eigenvalue weighted by atomic mass is 32.1. The van der Waals surface area contributed by atoms with Crippen molar-refractivity contribution >= 4 is 17.3 Å². The molecule has 0 spiro atoms.